The summed E-state index contributed by atoms with van der Waals surface area (Å²) in [4.78, 5) is 2.90. The van der Waals surface area contributed by atoms with Crippen molar-refractivity contribution >= 4 is 0 Å². The maximum Gasteiger partial charge on any atom is 0.0217 e. The van der Waals surface area contributed by atoms with Crippen LogP contribution in [0.1, 0.15) is 51.4 Å². The molecule has 0 aromatic carbocycles. The first kappa shape index (κ1) is 9.04. The lowest BCUT2D eigenvalue weighted by Crippen LogP contribution is -2.59. The molecule has 5 rings (SSSR count). The van der Waals surface area contributed by atoms with E-state index in [4.69, 9.17) is 0 Å². The Hall–Kier alpha value is -0.0400. The largest absolute Gasteiger partial charge is 0.298 e. The fourth-order valence-corrected chi connectivity index (χ4v) is 5.64. The van der Waals surface area contributed by atoms with Crippen LogP contribution in [-0.4, -0.2) is 23.5 Å². The van der Waals surface area contributed by atoms with Crippen LogP contribution in [0.4, 0.5) is 0 Å². The molecule has 4 bridgehead atoms. The van der Waals surface area contributed by atoms with Crippen molar-refractivity contribution in [2.75, 3.05) is 13.1 Å². The van der Waals surface area contributed by atoms with E-state index >= 15 is 0 Å². The Kier molecular flexibility index (Phi) is 1.81. The normalized spacial score (nSPS) is 54.0. The first-order valence-electron chi connectivity index (χ1n) is 7.09. The van der Waals surface area contributed by atoms with Gasteiger partial charge < -0.3 is 0 Å². The molecular formula is C14H23N. The molecule has 5 fully saturated rings. The zero-order valence-corrected chi connectivity index (χ0v) is 9.75. The molecule has 1 heterocycles. The average molecular weight is 205 g/mol. The Morgan fingerprint density at radius 3 is 1.67 bits per heavy atom. The smallest absolute Gasteiger partial charge is 0.0217 e. The summed E-state index contributed by atoms with van der Waals surface area (Å²) < 4.78 is 0. The second kappa shape index (κ2) is 3.00. The van der Waals surface area contributed by atoms with Gasteiger partial charge in [0.15, 0.2) is 0 Å². The highest BCUT2D eigenvalue weighted by Gasteiger charge is 2.53. The van der Waals surface area contributed by atoms with Gasteiger partial charge >= 0.3 is 0 Å². The Bertz CT molecular complexity index is 229. The van der Waals surface area contributed by atoms with Crippen LogP contribution in [0.2, 0.25) is 0 Å². The lowest BCUT2D eigenvalue weighted by molar-refractivity contribution is -0.0801. The van der Waals surface area contributed by atoms with Crippen LogP contribution < -0.4 is 0 Å². The second-order valence-corrected chi connectivity index (χ2v) is 6.84. The standard InChI is InChI=1S/C14H23N/c1-2-4-15(3-1)14-8-11-5-12(9-14)7-13(6-11)10-14/h11-13H,1-10H2. The maximum absolute atomic E-state index is 2.90. The van der Waals surface area contributed by atoms with E-state index in [2.05, 4.69) is 4.90 Å². The first-order valence-corrected chi connectivity index (χ1v) is 7.09. The van der Waals surface area contributed by atoms with Gasteiger partial charge in [0.25, 0.3) is 0 Å². The quantitative estimate of drug-likeness (QED) is 0.636. The monoisotopic (exact) mass is 205 g/mol. The number of rotatable bonds is 1. The van der Waals surface area contributed by atoms with Crippen molar-refractivity contribution in [3.05, 3.63) is 0 Å². The van der Waals surface area contributed by atoms with Gasteiger partial charge in [-0.25, -0.2) is 0 Å². The van der Waals surface area contributed by atoms with Crippen molar-refractivity contribution in [2.45, 2.75) is 56.9 Å². The Morgan fingerprint density at radius 1 is 0.733 bits per heavy atom. The highest BCUT2D eigenvalue weighted by atomic mass is 15.2. The predicted octanol–water partition coefficient (Wildman–Crippen LogP) is 3.05. The Morgan fingerprint density at radius 2 is 1.20 bits per heavy atom. The minimum absolute atomic E-state index is 0.714. The van der Waals surface area contributed by atoms with Crippen molar-refractivity contribution < 1.29 is 0 Å². The molecule has 1 heteroatoms. The summed E-state index contributed by atoms with van der Waals surface area (Å²) in [5.74, 6) is 3.37. The average Bonchev–Trinajstić information content (AvgIpc) is 2.67. The van der Waals surface area contributed by atoms with Crippen molar-refractivity contribution in [3.8, 4) is 0 Å². The summed E-state index contributed by atoms with van der Waals surface area (Å²) in [5, 5.41) is 0. The highest BCUT2D eigenvalue weighted by molar-refractivity contribution is 5.07. The molecule has 0 radical (unpaired) electrons. The molecule has 0 spiro atoms. The molecule has 0 aromatic heterocycles. The molecule has 4 aliphatic carbocycles. The summed E-state index contributed by atoms with van der Waals surface area (Å²) in [6.45, 7) is 2.85. The van der Waals surface area contributed by atoms with Crippen LogP contribution in [0, 0.1) is 17.8 Å². The van der Waals surface area contributed by atoms with E-state index in [1.165, 1.54) is 25.9 Å². The predicted molar refractivity (Wildman–Crippen MR) is 61.7 cm³/mol. The molecular weight excluding hydrogens is 182 g/mol. The number of nitrogens with zero attached hydrogens (tertiary/aromatic N) is 1. The van der Waals surface area contributed by atoms with Crippen LogP contribution in [0.5, 0.6) is 0 Å². The lowest BCUT2D eigenvalue weighted by Gasteiger charge is -2.60. The Balaban J connectivity index is 1.65. The molecule has 84 valence electrons. The van der Waals surface area contributed by atoms with E-state index in [9.17, 15) is 0 Å². The number of likely N-dealkylation sites (tertiary alicyclic amines) is 1. The zero-order valence-electron chi connectivity index (χ0n) is 9.75. The maximum atomic E-state index is 2.90. The summed E-state index contributed by atoms with van der Waals surface area (Å²) in [6.07, 6.45) is 12.4. The fourth-order valence-electron chi connectivity index (χ4n) is 5.64. The molecule has 0 atom stereocenters. The molecule has 0 aromatic rings. The minimum atomic E-state index is 0.714. The van der Waals surface area contributed by atoms with Gasteiger partial charge in [-0.05, 0) is 82.2 Å². The van der Waals surface area contributed by atoms with Crippen molar-refractivity contribution in [2.24, 2.45) is 17.8 Å². The van der Waals surface area contributed by atoms with Gasteiger partial charge in [0.2, 0.25) is 0 Å². The summed E-state index contributed by atoms with van der Waals surface area (Å²) >= 11 is 0. The third-order valence-corrected chi connectivity index (χ3v) is 5.78. The SMILES string of the molecule is C1CCN(C23CC4CC(CC(C4)C2)C3)C1. The van der Waals surface area contributed by atoms with Gasteiger partial charge in [-0.2, -0.15) is 0 Å². The molecule has 1 saturated heterocycles. The molecule has 15 heavy (non-hydrogen) atoms. The van der Waals surface area contributed by atoms with Crippen LogP contribution in [-0.2, 0) is 0 Å². The van der Waals surface area contributed by atoms with E-state index in [0.717, 1.165) is 17.8 Å². The van der Waals surface area contributed by atoms with Crippen LogP contribution in [0.25, 0.3) is 0 Å². The highest BCUT2D eigenvalue weighted by Crippen LogP contribution is 2.58. The minimum Gasteiger partial charge on any atom is -0.298 e. The molecule has 1 aliphatic heterocycles. The van der Waals surface area contributed by atoms with Gasteiger partial charge in [0.05, 0.1) is 0 Å². The van der Waals surface area contributed by atoms with Crippen molar-refractivity contribution in [1.29, 1.82) is 0 Å². The summed E-state index contributed by atoms with van der Waals surface area (Å²) in [6, 6.07) is 0. The molecule has 0 amide bonds. The van der Waals surface area contributed by atoms with E-state index < -0.39 is 0 Å². The Labute approximate surface area is 93.2 Å². The topological polar surface area (TPSA) is 3.24 Å². The molecule has 0 unspecified atom stereocenters. The molecule has 4 saturated carbocycles. The van der Waals surface area contributed by atoms with Gasteiger partial charge in [0, 0.05) is 5.54 Å². The van der Waals surface area contributed by atoms with Crippen LogP contribution >= 0.6 is 0 Å². The van der Waals surface area contributed by atoms with Crippen molar-refractivity contribution in [3.63, 3.8) is 0 Å². The fraction of sp³-hybridized carbons (Fsp3) is 1.00. The lowest BCUT2D eigenvalue weighted by atomic mass is 9.52. The third kappa shape index (κ3) is 1.25. The number of hydrogen-bond acceptors (Lipinski definition) is 1. The van der Waals surface area contributed by atoms with Crippen molar-refractivity contribution in [1.82, 2.24) is 4.90 Å². The van der Waals surface area contributed by atoms with Crippen LogP contribution in [0.3, 0.4) is 0 Å². The number of hydrogen-bond donors (Lipinski definition) is 0. The van der Waals surface area contributed by atoms with Gasteiger partial charge in [0.1, 0.15) is 0 Å². The van der Waals surface area contributed by atoms with E-state index in [-0.39, 0.29) is 0 Å². The second-order valence-electron chi connectivity index (χ2n) is 6.84. The zero-order chi connectivity index (χ0) is 9.88. The molecule has 5 aliphatic rings. The van der Waals surface area contributed by atoms with Crippen LogP contribution in [0.15, 0.2) is 0 Å². The summed E-state index contributed by atoms with van der Waals surface area (Å²) in [7, 11) is 0. The third-order valence-electron chi connectivity index (χ3n) is 5.78. The van der Waals surface area contributed by atoms with E-state index in [1.807, 2.05) is 0 Å². The summed E-state index contributed by atoms with van der Waals surface area (Å²) in [5.41, 5.74) is 0.714. The molecule has 0 N–H and O–H groups in total. The van der Waals surface area contributed by atoms with E-state index in [1.54, 1.807) is 38.5 Å². The van der Waals surface area contributed by atoms with Gasteiger partial charge in [-0.15, -0.1) is 0 Å². The van der Waals surface area contributed by atoms with Gasteiger partial charge in [-0.1, -0.05) is 0 Å². The van der Waals surface area contributed by atoms with Gasteiger partial charge in [-0.3, -0.25) is 4.90 Å². The molecule has 1 nitrogen and oxygen atoms in total. The first-order chi connectivity index (χ1) is 7.34. The van der Waals surface area contributed by atoms with E-state index in [0.29, 0.717) is 5.54 Å².